The summed E-state index contributed by atoms with van der Waals surface area (Å²) in [5.41, 5.74) is 3.12. The SMILES string of the molecule is CNCCC(C)c1ccc(C(C)(C)C)cc1. The summed E-state index contributed by atoms with van der Waals surface area (Å²) in [5, 5.41) is 3.20. The van der Waals surface area contributed by atoms with Crippen molar-refractivity contribution in [2.45, 2.75) is 45.4 Å². The van der Waals surface area contributed by atoms with E-state index in [1.54, 1.807) is 0 Å². The van der Waals surface area contributed by atoms with E-state index in [9.17, 15) is 0 Å². The predicted molar refractivity (Wildman–Crippen MR) is 72.1 cm³/mol. The molecule has 1 aromatic carbocycles. The van der Waals surface area contributed by atoms with Gasteiger partial charge in [-0.25, -0.2) is 0 Å². The lowest BCUT2D eigenvalue weighted by Gasteiger charge is -2.20. The van der Waals surface area contributed by atoms with Gasteiger partial charge in [-0.2, -0.15) is 0 Å². The molecule has 16 heavy (non-hydrogen) atoms. The molecule has 0 radical (unpaired) electrons. The van der Waals surface area contributed by atoms with Crippen LogP contribution in [0, 0.1) is 0 Å². The summed E-state index contributed by atoms with van der Waals surface area (Å²) in [4.78, 5) is 0. The third kappa shape index (κ3) is 3.64. The average molecular weight is 219 g/mol. The first-order chi connectivity index (χ1) is 7.45. The van der Waals surface area contributed by atoms with E-state index in [0.717, 1.165) is 6.54 Å². The van der Waals surface area contributed by atoms with Crippen LogP contribution in [-0.4, -0.2) is 13.6 Å². The Kier molecular flexibility index (Phi) is 4.55. The molecule has 0 aliphatic heterocycles. The predicted octanol–water partition coefficient (Wildman–Crippen LogP) is 3.70. The Morgan fingerprint density at radius 3 is 2.12 bits per heavy atom. The van der Waals surface area contributed by atoms with Gasteiger partial charge in [0.25, 0.3) is 0 Å². The zero-order valence-corrected chi connectivity index (χ0v) is 11.3. The Hall–Kier alpha value is -0.820. The largest absolute Gasteiger partial charge is 0.320 e. The fourth-order valence-corrected chi connectivity index (χ4v) is 1.84. The van der Waals surface area contributed by atoms with E-state index in [1.165, 1.54) is 17.5 Å². The maximum absolute atomic E-state index is 3.20. The quantitative estimate of drug-likeness (QED) is 0.814. The lowest BCUT2D eigenvalue weighted by molar-refractivity contribution is 0.588. The highest BCUT2D eigenvalue weighted by Gasteiger charge is 2.13. The van der Waals surface area contributed by atoms with Crippen LogP contribution in [-0.2, 0) is 5.41 Å². The first-order valence-corrected chi connectivity index (χ1v) is 6.20. The standard InChI is InChI=1S/C15H25N/c1-12(10-11-16-5)13-6-8-14(9-7-13)15(2,3)4/h6-9,12,16H,10-11H2,1-5H3. The van der Waals surface area contributed by atoms with Gasteiger partial charge in [0, 0.05) is 0 Å². The van der Waals surface area contributed by atoms with Crippen LogP contribution < -0.4 is 5.32 Å². The summed E-state index contributed by atoms with van der Waals surface area (Å²) in [6.45, 7) is 10.1. The van der Waals surface area contributed by atoms with Gasteiger partial charge >= 0.3 is 0 Å². The van der Waals surface area contributed by atoms with Gasteiger partial charge in [0.15, 0.2) is 0 Å². The zero-order chi connectivity index (χ0) is 12.2. The number of hydrogen-bond donors (Lipinski definition) is 1. The summed E-state index contributed by atoms with van der Waals surface area (Å²) in [6.07, 6.45) is 1.20. The van der Waals surface area contributed by atoms with Crippen molar-refractivity contribution in [3.05, 3.63) is 35.4 Å². The fourth-order valence-electron chi connectivity index (χ4n) is 1.84. The first-order valence-electron chi connectivity index (χ1n) is 6.20. The molecule has 90 valence electrons. The van der Waals surface area contributed by atoms with Crippen LogP contribution >= 0.6 is 0 Å². The van der Waals surface area contributed by atoms with E-state index < -0.39 is 0 Å². The molecule has 1 nitrogen and oxygen atoms in total. The zero-order valence-electron chi connectivity index (χ0n) is 11.3. The van der Waals surface area contributed by atoms with Gasteiger partial charge in [-0.1, -0.05) is 52.0 Å². The Morgan fingerprint density at radius 1 is 1.12 bits per heavy atom. The molecule has 1 aromatic rings. The van der Waals surface area contributed by atoms with Crippen molar-refractivity contribution in [2.24, 2.45) is 0 Å². The number of rotatable bonds is 4. The van der Waals surface area contributed by atoms with E-state index in [1.807, 2.05) is 7.05 Å². The van der Waals surface area contributed by atoms with Crippen molar-refractivity contribution in [3.8, 4) is 0 Å². The van der Waals surface area contributed by atoms with Crippen molar-refractivity contribution in [1.29, 1.82) is 0 Å². The van der Waals surface area contributed by atoms with Crippen LogP contribution in [0.25, 0.3) is 0 Å². The van der Waals surface area contributed by atoms with Crippen LogP contribution in [0.2, 0.25) is 0 Å². The lowest BCUT2D eigenvalue weighted by Crippen LogP contribution is -2.12. The van der Waals surface area contributed by atoms with Gasteiger partial charge in [0.2, 0.25) is 0 Å². The molecule has 0 amide bonds. The van der Waals surface area contributed by atoms with Crippen molar-refractivity contribution in [2.75, 3.05) is 13.6 Å². The summed E-state index contributed by atoms with van der Waals surface area (Å²) in [5.74, 6) is 0.640. The Morgan fingerprint density at radius 2 is 1.69 bits per heavy atom. The van der Waals surface area contributed by atoms with E-state index in [0.29, 0.717) is 5.92 Å². The van der Waals surface area contributed by atoms with Gasteiger partial charge in [-0.05, 0) is 42.5 Å². The molecule has 0 fully saturated rings. The van der Waals surface area contributed by atoms with Crippen molar-refractivity contribution in [3.63, 3.8) is 0 Å². The third-order valence-corrected chi connectivity index (χ3v) is 3.17. The number of benzene rings is 1. The first kappa shape index (κ1) is 13.2. The minimum absolute atomic E-state index is 0.257. The Labute approximate surface area is 100 Å². The van der Waals surface area contributed by atoms with Gasteiger partial charge in [0.1, 0.15) is 0 Å². The summed E-state index contributed by atoms with van der Waals surface area (Å²) in [7, 11) is 2.01. The normalized spacial score (nSPS) is 13.8. The third-order valence-electron chi connectivity index (χ3n) is 3.17. The van der Waals surface area contributed by atoms with Crippen LogP contribution in [0.3, 0.4) is 0 Å². The highest BCUT2D eigenvalue weighted by molar-refractivity contribution is 5.29. The molecule has 0 aliphatic rings. The van der Waals surface area contributed by atoms with Gasteiger partial charge < -0.3 is 5.32 Å². The summed E-state index contributed by atoms with van der Waals surface area (Å²) >= 11 is 0. The monoisotopic (exact) mass is 219 g/mol. The maximum Gasteiger partial charge on any atom is -0.00462 e. The van der Waals surface area contributed by atoms with Gasteiger partial charge in [0.05, 0.1) is 0 Å². The van der Waals surface area contributed by atoms with E-state index in [-0.39, 0.29) is 5.41 Å². The molecule has 1 unspecified atom stereocenters. The molecule has 1 N–H and O–H groups in total. The lowest BCUT2D eigenvalue weighted by atomic mass is 9.85. The second kappa shape index (κ2) is 5.49. The molecule has 0 aromatic heterocycles. The number of nitrogens with one attached hydrogen (secondary N) is 1. The molecular weight excluding hydrogens is 194 g/mol. The van der Waals surface area contributed by atoms with Crippen LogP contribution in [0.1, 0.15) is 51.2 Å². The van der Waals surface area contributed by atoms with Crippen LogP contribution in [0.4, 0.5) is 0 Å². The molecule has 0 bridgehead atoms. The highest BCUT2D eigenvalue weighted by atomic mass is 14.8. The smallest absolute Gasteiger partial charge is 0.00462 e. The molecular formula is C15H25N. The summed E-state index contributed by atoms with van der Waals surface area (Å²) in [6, 6.07) is 9.10. The Balaban J connectivity index is 2.71. The van der Waals surface area contributed by atoms with Crippen LogP contribution in [0.5, 0.6) is 0 Å². The maximum atomic E-state index is 3.20. The molecule has 0 spiro atoms. The second-order valence-electron chi connectivity index (χ2n) is 5.67. The molecule has 0 aliphatic carbocycles. The topological polar surface area (TPSA) is 12.0 Å². The fraction of sp³-hybridized carbons (Fsp3) is 0.600. The second-order valence-corrected chi connectivity index (χ2v) is 5.67. The van der Waals surface area contributed by atoms with Crippen molar-refractivity contribution < 1.29 is 0 Å². The average Bonchev–Trinajstić information content (AvgIpc) is 2.25. The molecule has 0 saturated carbocycles. The van der Waals surface area contributed by atoms with Crippen molar-refractivity contribution in [1.82, 2.24) is 5.32 Å². The highest BCUT2D eigenvalue weighted by Crippen LogP contribution is 2.25. The molecule has 0 saturated heterocycles. The number of hydrogen-bond acceptors (Lipinski definition) is 1. The van der Waals surface area contributed by atoms with Crippen molar-refractivity contribution >= 4 is 0 Å². The van der Waals surface area contributed by atoms with E-state index in [2.05, 4.69) is 57.3 Å². The minimum atomic E-state index is 0.257. The van der Waals surface area contributed by atoms with Gasteiger partial charge in [-0.15, -0.1) is 0 Å². The molecule has 1 atom stereocenters. The molecule has 0 heterocycles. The van der Waals surface area contributed by atoms with E-state index in [4.69, 9.17) is 0 Å². The Bertz CT molecular complexity index is 305. The molecule has 1 heteroatoms. The summed E-state index contributed by atoms with van der Waals surface area (Å²) < 4.78 is 0. The molecule has 1 rings (SSSR count). The van der Waals surface area contributed by atoms with E-state index >= 15 is 0 Å². The van der Waals surface area contributed by atoms with Gasteiger partial charge in [-0.3, -0.25) is 0 Å². The minimum Gasteiger partial charge on any atom is -0.320 e. The van der Waals surface area contributed by atoms with Crippen LogP contribution in [0.15, 0.2) is 24.3 Å².